The summed E-state index contributed by atoms with van der Waals surface area (Å²) in [5, 5.41) is 8.92. The fraction of sp³-hybridized carbons (Fsp3) is 0.212. The maximum Gasteiger partial charge on any atom is 0.337 e. The highest BCUT2D eigenvalue weighted by molar-refractivity contribution is 9.10. The van der Waals surface area contributed by atoms with Crippen molar-refractivity contribution in [2.75, 3.05) is 7.11 Å². The van der Waals surface area contributed by atoms with Gasteiger partial charge in [0.1, 0.15) is 24.1 Å². The number of hydrogen-bond acceptors (Lipinski definition) is 6. The van der Waals surface area contributed by atoms with Crippen LogP contribution in [-0.2, 0) is 24.3 Å². The molecule has 0 unspecified atom stereocenters. The van der Waals surface area contributed by atoms with Crippen molar-refractivity contribution in [3.63, 3.8) is 0 Å². The molecule has 2 aromatic heterocycles. The number of rotatable bonds is 9. The molecule has 0 aliphatic heterocycles. The van der Waals surface area contributed by atoms with E-state index in [2.05, 4.69) is 25.5 Å². The summed E-state index contributed by atoms with van der Waals surface area (Å²) in [5.41, 5.74) is 4.00. The van der Waals surface area contributed by atoms with Crippen molar-refractivity contribution in [1.29, 1.82) is 5.26 Å². The van der Waals surface area contributed by atoms with Crippen LogP contribution in [-0.4, -0.2) is 31.9 Å². The molecule has 0 atom stereocenters. The lowest BCUT2D eigenvalue weighted by Gasteiger charge is -2.14. The predicted octanol–water partition coefficient (Wildman–Crippen LogP) is 7.13. The Morgan fingerprint density at radius 3 is 2.53 bits per heavy atom. The zero-order valence-electron chi connectivity index (χ0n) is 23.1. The maximum absolute atomic E-state index is 15.5. The molecule has 0 N–H and O–H groups in total. The number of aromatic nitrogens is 3. The van der Waals surface area contributed by atoms with Crippen molar-refractivity contribution in [3.8, 4) is 23.2 Å². The van der Waals surface area contributed by atoms with Gasteiger partial charge in [0.15, 0.2) is 0 Å². The second-order valence-electron chi connectivity index (χ2n) is 10.5. The number of carbonyl (C=O) groups excluding carboxylic acids is 1. The Bertz CT molecular complexity index is 1910. The van der Waals surface area contributed by atoms with E-state index >= 15 is 4.39 Å². The normalized spacial score (nSPS) is 13.5. The lowest BCUT2D eigenvalue weighted by Crippen LogP contribution is -2.14. The first-order valence-corrected chi connectivity index (χ1v) is 14.4. The van der Waals surface area contributed by atoms with Crippen LogP contribution in [0, 0.1) is 23.0 Å². The number of hydrogen-bond donors (Lipinski definition) is 0. The zero-order chi connectivity index (χ0) is 30.1. The van der Waals surface area contributed by atoms with Gasteiger partial charge < -0.3 is 14.0 Å². The largest absolute Gasteiger partial charge is 0.473 e. The van der Waals surface area contributed by atoms with Gasteiger partial charge in [0.25, 0.3) is 0 Å². The van der Waals surface area contributed by atoms with Crippen molar-refractivity contribution in [3.05, 3.63) is 113 Å². The molecule has 0 radical (unpaired) electrons. The van der Waals surface area contributed by atoms with Crippen LogP contribution in [0.3, 0.4) is 0 Å². The number of halogens is 3. The Morgan fingerprint density at radius 1 is 1.02 bits per heavy atom. The minimum Gasteiger partial charge on any atom is -0.473 e. The first-order chi connectivity index (χ1) is 20.7. The highest BCUT2D eigenvalue weighted by Crippen LogP contribution is 2.46. The van der Waals surface area contributed by atoms with Crippen molar-refractivity contribution in [2.45, 2.75) is 36.7 Å². The van der Waals surface area contributed by atoms with E-state index in [4.69, 9.17) is 19.7 Å². The Balaban J connectivity index is 1.24. The van der Waals surface area contributed by atoms with E-state index in [0.29, 0.717) is 40.3 Å². The molecular weight excluding hydrogens is 618 g/mol. The third-order valence-electron chi connectivity index (χ3n) is 7.46. The molecule has 2 heterocycles. The molecule has 43 heavy (non-hydrogen) atoms. The molecule has 0 spiro atoms. The van der Waals surface area contributed by atoms with Crippen molar-refractivity contribution in [2.24, 2.45) is 0 Å². The number of ether oxygens (including phenoxy) is 2. The third kappa shape index (κ3) is 6.13. The van der Waals surface area contributed by atoms with E-state index in [1.807, 2.05) is 6.07 Å². The first kappa shape index (κ1) is 28.5. The lowest BCUT2D eigenvalue weighted by molar-refractivity contribution is 0.0601. The summed E-state index contributed by atoms with van der Waals surface area (Å²) < 4.78 is 42.3. The fourth-order valence-electron chi connectivity index (χ4n) is 4.87. The van der Waals surface area contributed by atoms with Crippen LogP contribution in [0.25, 0.3) is 22.3 Å². The van der Waals surface area contributed by atoms with Crippen LogP contribution in [0.5, 0.6) is 5.88 Å². The molecule has 1 fully saturated rings. The number of benzene rings is 3. The van der Waals surface area contributed by atoms with Gasteiger partial charge in [-0.2, -0.15) is 5.26 Å². The van der Waals surface area contributed by atoms with Gasteiger partial charge in [0.2, 0.25) is 5.88 Å². The second-order valence-corrected chi connectivity index (χ2v) is 12.2. The molecule has 0 saturated heterocycles. The Morgan fingerprint density at radius 2 is 1.81 bits per heavy atom. The van der Waals surface area contributed by atoms with Gasteiger partial charge >= 0.3 is 5.97 Å². The van der Waals surface area contributed by atoms with E-state index in [1.54, 1.807) is 48.5 Å². The summed E-state index contributed by atoms with van der Waals surface area (Å²) in [6, 6.07) is 21.4. The molecular formula is C33H25BrF2N4O3. The Hall–Kier alpha value is -4.62. The number of nitriles is 1. The average Bonchev–Trinajstić information content (AvgIpc) is 3.66. The minimum atomic E-state index is -0.534. The molecule has 10 heteroatoms. The highest BCUT2D eigenvalue weighted by atomic mass is 79.9. The number of pyridine rings is 1. The van der Waals surface area contributed by atoms with Crippen LogP contribution in [0.4, 0.5) is 8.78 Å². The molecule has 5 aromatic rings. The quantitative estimate of drug-likeness (QED) is 0.125. The number of fused-ring (bicyclic) bond motifs is 1. The molecule has 3 aromatic carbocycles. The molecule has 7 nitrogen and oxygen atoms in total. The van der Waals surface area contributed by atoms with Gasteiger partial charge in [-0.15, -0.1) is 0 Å². The van der Waals surface area contributed by atoms with Gasteiger partial charge in [-0.3, -0.25) is 0 Å². The third-order valence-corrected chi connectivity index (χ3v) is 8.50. The standard InChI is InChI=1S/C33H25BrF2N4O3/c1-42-32(41)23-9-10-28-29(15-23)40(19-33(34)11-12-33)30(38-28)16-21-7-8-22(14-26(21)36)27-3-2-4-31(39-27)43-18-24-6-5-20(17-37)13-25(24)35/h2-10,13-15H,11-12,16,18-19H2,1H3. The van der Waals surface area contributed by atoms with Crippen molar-refractivity contribution < 1.29 is 23.0 Å². The van der Waals surface area contributed by atoms with Crippen LogP contribution in [0.1, 0.15) is 45.7 Å². The smallest absolute Gasteiger partial charge is 0.337 e. The van der Waals surface area contributed by atoms with Gasteiger partial charge in [-0.05, 0) is 60.9 Å². The SMILES string of the molecule is COC(=O)c1ccc2nc(Cc3ccc(-c4cccc(OCc5ccc(C#N)cc5F)n4)cc3F)n(CC3(Br)CC3)c2c1. The number of methoxy groups -OCH3 is 1. The Labute approximate surface area is 254 Å². The topological polar surface area (TPSA) is 90.0 Å². The fourth-order valence-corrected chi connectivity index (χ4v) is 5.32. The van der Waals surface area contributed by atoms with E-state index in [9.17, 15) is 9.18 Å². The number of alkyl halides is 1. The van der Waals surface area contributed by atoms with E-state index < -0.39 is 17.6 Å². The predicted molar refractivity (Wildman–Crippen MR) is 160 cm³/mol. The van der Waals surface area contributed by atoms with Crippen LogP contribution in [0.15, 0.2) is 72.8 Å². The van der Waals surface area contributed by atoms with Gasteiger partial charge in [0, 0.05) is 34.5 Å². The van der Waals surface area contributed by atoms with Crippen molar-refractivity contribution >= 4 is 32.9 Å². The number of esters is 1. The van der Waals surface area contributed by atoms with E-state index in [-0.39, 0.29) is 28.8 Å². The summed E-state index contributed by atoms with van der Waals surface area (Å²) in [4.78, 5) is 21.4. The molecule has 1 aliphatic carbocycles. The maximum atomic E-state index is 15.5. The highest BCUT2D eigenvalue weighted by Gasteiger charge is 2.41. The lowest BCUT2D eigenvalue weighted by atomic mass is 10.1. The monoisotopic (exact) mass is 642 g/mol. The number of nitrogens with zero attached hydrogens (tertiary/aromatic N) is 4. The summed E-state index contributed by atoms with van der Waals surface area (Å²) in [6.45, 7) is 0.575. The molecule has 1 saturated carbocycles. The van der Waals surface area contributed by atoms with Gasteiger partial charge in [-0.1, -0.05) is 40.2 Å². The molecule has 1 aliphatic rings. The van der Waals surface area contributed by atoms with Crippen LogP contribution in [0.2, 0.25) is 0 Å². The van der Waals surface area contributed by atoms with Crippen molar-refractivity contribution in [1.82, 2.24) is 14.5 Å². The summed E-state index contributed by atoms with van der Waals surface area (Å²) in [7, 11) is 1.34. The van der Waals surface area contributed by atoms with E-state index in [0.717, 1.165) is 29.9 Å². The second kappa shape index (κ2) is 11.6. The Kier molecular flexibility index (Phi) is 7.67. The summed E-state index contributed by atoms with van der Waals surface area (Å²) in [5.74, 6) is -0.414. The van der Waals surface area contributed by atoms with Gasteiger partial charge in [-0.25, -0.2) is 23.5 Å². The number of carbonyl (C=O) groups is 1. The molecule has 0 bridgehead atoms. The summed E-state index contributed by atoms with van der Waals surface area (Å²) >= 11 is 3.81. The zero-order valence-corrected chi connectivity index (χ0v) is 24.7. The first-order valence-electron chi connectivity index (χ1n) is 13.6. The van der Waals surface area contributed by atoms with Crippen LogP contribution >= 0.6 is 15.9 Å². The minimum absolute atomic E-state index is 0.0380. The molecule has 216 valence electrons. The van der Waals surface area contributed by atoms with Crippen LogP contribution < -0.4 is 4.74 Å². The average molecular weight is 643 g/mol. The van der Waals surface area contributed by atoms with E-state index in [1.165, 1.54) is 25.3 Å². The molecule has 6 rings (SSSR count). The number of imidazole rings is 1. The van der Waals surface area contributed by atoms with Gasteiger partial charge in [0.05, 0.1) is 41.0 Å². The summed E-state index contributed by atoms with van der Waals surface area (Å²) in [6.07, 6.45) is 2.29. The molecule has 0 amide bonds.